The second-order valence-corrected chi connectivity index (χ2v) is 8.21. The Morgan fingerprint density at radius 1 is 1.23 bits per heavy atom. The molecular formula is C24H25BrFNO3. The van der Waals surface area contributed by atoms with Crippen LogP contribution in [0.3, 0.4) is 0 Å². The molecule has 3 rings (SSSR count). The van der Waals surface area contributed by atoms with Crippen LogP contribution in [0.4, 0.5) is 10.1 Å². The van der Waals surface area contributed by atoms with Crippen molar-refractivity contribution in [1.29, 1.82) is 0 Å². The third kappa shape index (κ3) is 5.79. The fraction of sp³-hybridized carbons (Fsp3) is 0.333. The molecule has 1 aliphatic rings. The number of esters is 1. The van der Waals surface area contributed by atoms with Gasteiger partial charge in [-0.25, -0.2) is 9.18 Å². The summed E-state index contributed by atoms with van der Waals surface area (Å²) in [5.41, 5.74) is 1.29. The Labute approximate surface area is 186 Å². The predicted octanol–water partition coefficient (Wildman–Crippen LogP) is 5.89. The molecule has 1 aliphatic carbocycles. The topological polar surface area (TPSA) is 46.6 Å². The lowest BCUT2D eigenvalue weighted by Gasteiger charge is -2.30. The number of halogens is 2. The van der Waals surface area contributed by atoms with E-state index < -0.39 is 18.3 Å². The van der Waals surface area contributed by atoms with Crippen LogP contribution in [0.1, 0.15) is 44.6 Å². The molecule has 30 heavy (non-hydrogen) atoms. The first-order chi connectivity index (χ1) is 14.9. The molecule has 1 fully saturated rings. The number of anilines is 1. The van der Waals surface area contributed by atoms with Gasteiger partial charge in [0.15, 0.2) is 0 Å². The highest BCUT2D eigenvalue weighted by molar-refractivity contribution is 9.10. The predicted molar refractivity (Wildman–Crippen MR) is 119 cm³/mol. The maximum atomic E-state index is 14.7. The quantitative estimate of drug-likeness (QED) is 0.387. The first-order valence-corrected chi connectivity index (χ1v) is 10.8. The molecule has 6 heteroatoms. The SMILES string of the molecule is [2H]C(c1ccc(Br)cc1F)N(C(=O)C1CCCCC1)c1cccc(/C=C/C(=O)OC)c1. The Morgan fingerprint density at radius 2 is 2.00 bits per heavy atom. The molecule has 0 saturated heterocycles. The lowest BCUT2D eigenvalue weighted by molar-refractivity contribution is -0.134. The molecule has 1 saturated carbocycles. The fourth-order valence-corrected chi connectivity index (χ4v) is 3.90. The largest absolute Gasteiger partial charge is 0.466 e. The minimum absolute atomic E-state index is 0.128. The zero-order chi connectivity index (χ0) is 22.4. The molecule has 2 aromatic rings. The van der Waals surface area contributed by atoms with Crippen LogP contribution in [0, 0.1) is 11.7 Å². The van der Waals surface area contributed by atoms with E-state index in [9.17, 15) is 14.0 Å². The molecule has 0 heterocycles. The molecule has 2 aromatic carbocycles. The maximum absolute atomic E-state index is 14.7. The summed E-state index contributed by atoms with van der Waals surface area (Å²) in [6, 6.07) is 11.5. The van der Waals surface area contributed by atoms with E-state index in [0.29, 0.717) is 15.7 Å². The number of rotatable bonds is 6. The van der Waals surface area contributed by atoms with Crippen molar-refractivity contribution < 1.29 is 20.1 Å². The van der Waals surface area contributed by atoms with Gasteiger partial charge in [0.25, 0.3) is 0 Å². The number of nitrogens with zero attached hydrogens (tertiary/aromatic N) is 1. The average Bonchev–Trinajstić information content (AvgIpc) is 2.78. The van der Waals surface area contributed by atoms with E-state index in [1.54, 1.807) is 36.4 Å². The molecule has 0 bridgehead atoms. The zero-order valence-corrected chi connectivity index (χ0v) is 18.4. The third-order valence-corrected chi connectivity index (χ3v) is 5.68. The summed E-state index contributed by atoms with van der Waals surface area (Å²) < 4.78 is 28.6. The molecule has 158 valence electrons. The number of hydrogen-bond donors (Lipinski definition) is 0. The Kier molecular flexibility index (Phi) is 7.29. The summed E-state index contributed by atoms with van der Waals surface area (Å²) in [5, 5.41) is 0. The Bertz CT molecular complexity index is 975. The number of ether oxygens (including phenoxy) is 1. The molecule has 1 unspecified atom stereocenters. The van der Waals surface area contributed by atoms with Gasteiger partial charge in [-0.3, -0.25) is 4.79 Å². The molecule has 1 atom stereocenters. The van der Waals surface area contributed by atoms with E-state index in [-0.39, 0.29) is 17.4 Å². The highest BCUT2D eigenvalue weighted by Gasteiger charge is 2.27. The highest BCUT2D eigenvalue weighted by atomic mass is 79.9. The van der Waals surface area contributed by atoms with Crippen molar-refractivity contribution in [3.8, 4) is 0 Å². The van der Waals surface area contributed by atoms with Crippen LogP contribution in [0.25, 0.3) is 6.08 Å². The number of carbonyl (C=O) groups is 2. The van der Waals surface area contributed by atoms with Gasteiger partial charge in [0, 0.05) is 27.7 Å². The minimum atomic E-state index is -1.23. The van der Waals surface area contributed by atoms with Gasteiger partial charge in [0.1, 0.15) is 5.82 Å². The van der Waals surface area contributed by atoms with Crippen molar-refractivity contribution in [3.05, 3.63) is 70.0 Å². The monoisotopic (exact) mass is 474 g/mol. The van der Waals surface area contributed by atoms with E-state index >= 15 is 0 Å². The molecular weight excluding hydrogens is 449 g/mol. The standard InChI is InChI=1S/C24H25BrFNO3/c1-30-23(28)13-10-17-6-5-9-21(14-17)27(24(29)18-7-3-2-4-8-18)16-19-11-12-20(25)15-22(19)26/h5-6,9-15,18H,2-4,7-8,16H2,1H3/b13-10+/i16D. The van der Waals surface area contributed by atoms with Gasteiger partial charge in [0.05, 0.1) is 15.0 Å². The average molecular weight is 475 g/mol. The molecule has 0 aromatic heterocycles. The normalized spacial score (nSPS) is 16.2. The number of methoxy groups -OCH3 is 1. The van der Waals surface area contributed by atoms with E-state index in [4.69, 9.17) is 1.37 Å². The second kappa shape index (κ2) is 10.5. The molecule has 0 spiro atoms. The summed E-state index contributed by atoms with van der Waals surface area (Å²) in [6.45, 7) is -1.23. The first kappa shape index (κ1) is 20.8. The lowest BCUT2D eigenvalue weighted by atomic mass is 9.88. The minimum Gasteiger partial charge on any atom is -0.466 e. The van der Waals surface area contributed by atoms with Crippen molar-refractivity contribution in [1.82, 2.24) is 0 Å². The number of hydrogen-bond acceptors (Lipinski definition) is 3. The maximum Gasteiger partial charge on any atom is 0.330 e. The second-order valence-electron chi connectivity index (χ2n) is 7.29. The van der Waals surface area contributed by atoms with E-state index in [2.05, 4.69) is 20.7 Å². The number of benzene rings is 2. The van der Waals surface area contributed by atoms with Crippen molar-refractivity contribution in [2.45, 2.75) is 38.6 Å². The summed E-state index contributed by atoms with van der Waals surface area (Å²) >= 11 is 3.24. The van der Waals surface area contributed by atoms with Crippen molar-refractivity contribution in [2.24, 2.45) is 5.92 Å². The van der Waals surface area contributed by atoms with Gasteiger partial charge < -0.3 is 9.64 Å². The first-order valence-electron chi connectivity index (χ1n) is 10.5. The van der Waals surface area contributed by atoms with Crippen molar-refractivity contribution in [3.63, 3.8) is 0 Å². The van der Waals surface area contributed by atoms with E-state index in [1.807, 2.05) is 0 Å². The van der Waals surface area contributed by atoms with Gasteiger partial charge in [-0.15, -0.1) is 0 Å². The Balaban J connectivity index is 2.00. The van der Waals surface area contributed by atoms with Gasteiger partial charge in [-0.1, -0.05) is 53.4 Å². The van der Waals surface area contributed by atoms with Crippen LogP contribution >= 0.6 is 15.9 Å². The van der Waals surface area contributed by atoms with Crippen molar-refractivity contribution >= 4 is 39.6 Å². The summed E-state index contributed by atoms with van der Waals surface area (Å²) in [5.74, 6) is -1.39. The van der Waals surface area contributed by atoms with Gasteiger partial charge in [-0.2, -0.15) is 0 Å². The van der Waals surface area contributed by atoms with Crippen LogP contribution in [0.5, 0.6) is 0 Å². The van der Waals surface area contributed by atoms with Gasteiger partial charge >= 0.3 is 5.97 Å². The van der Waals surface area contributed by atoms with Crippen LogP contribution in [-0.4, -0.2) is 19.0 Å². The molecule has 0 radical (unpaired) electrons. The van der Waals surface area contributed by atoms with Gasteiger partial charge in [0.2, 0.25) is 5.91 Å². The van der Waals surface area contributed by atoms with Crippen LogP contribution in [0.2, 0.25) is 0 Å². The van der Waals surface area contributed by atoms with Crippen molar-refractivity contribution in [2.75, 3.05) is 12.0 Å². The summed E-state index contributed by atoms with van der Waals surface area (Å²) in [7, 11) is 1.30. The van der Waals surface area contributed by atoms with E-state index in [0.717, 1.165) is 32.1 Å². The number of amides is 1. The molecule has 4 nitrogen and oxygen atoms in total. The third-order valence-electron chi connectivity index (χ3n) is 5.18. The summed E-state index contributed by atoms with van der Waals surface area (Å²) in [4.78, 5) is 26.3. The van der Waals surface area contributed by atoms with Crippen LogP contribution < -0.4 is 4.90 Å². The highest BCUT2D eigenvalue weighted by Crippen LogP contribution is 2.30. The Morgan fingerprint density at radius 3 is 2.70 bits per heavy atom. The smallest absolute Gasteiger partial charge is 0.330 e. The molecule has 0 N–H and O–H groups in total. The van der Waals surface area contributed by atoms with Gasteiger partial charge in [-0.05, 0) is 48.7 Å². The lowest BCUT2D eigenvalue weighted by Crippen LogP contribution is -2.37. The zero-order valence-electron chi connectivity index (χ0n) is 17.8. The van der Waals surface area contributed by atoms with Crippen LogP contribution in [0.15, 0.2) is 53.0 Å². The summed E-state index contributed by atoms with van der Waals surface area (Å²) in [6.07, 6.45) is 7.46. The molecule has 1 amide bonds. The fourth-order valence-electron chi connectivity index (χ4n) is 3.57. The van der Waals surface area contributed by atoms with Crippen LogP contribution in [-0.2, 0) is 20.8 Å². The number of carbonyl (C=O) groups excluding carboxylic acids is 2. The Hall–Kier alpha value is -2.47. The van der Waals surface area contributed by atoms with E-state index in [1.165, 1.54) is 30.2 Å². The molecule has 0 aliphatic heterocycles.